The summed E-state index contributed by atoms with van der Waals surface area (Å²) in [5.74, 6) is 0.0886. The fraction of sp³-hybridized carbons (Fsp3) is 0.333. The van der Waals surface area contributed by atoms with E-state index in [0.29, 0.717) is 6.54 Å². The number of aromatic amines is 1. The van der Waals surface area contributed by atoms with Gasteiger partial charge in [-0.1, -0.05) is 0 Å². The third-order valence-electron chi connectivity index (χ3n) is 1.18. The van der Waals surface area contributed by atoms with Crippen molar-refractivity contribution in [3.8, 4) is 0 Å². The molecule has 1 heterocycles. The van der Waals surface area contributed by atoms with Crippen LogP contribution in [0, 0.1) is 6.92 Å². The zero-order valence-corrected chi connectivity index (χ0v) is 9.07. The summed E-state index contributed by atoms with van der Waals surface area (Å²) in [7, 11) is 0. The summed E-state index contributed by atoms with van der Waals surface area (Å²) >= 11 is 0. The Bertz CT molecular complexity index is 263. The Morgan fingerprint density at radius 1 is 1.67 bits per heavy atom. The highest BCUT2D eigenvalue weighted by atomic mass is 127. The van der Waals surface area contributed by atoms with Gasteiger partial charge in [0.1, 0.15) is 0 Å². The SMILES string of the molecule is Cc1cc(CN=C(N)N)n[nH]1.I. The predicted octanol–water partition coefficient (Wildman–Crippen LogP) is 0.110. The van der Waals surface area contributed by atoms with Crippen LogP contribution in [-0.2, 0) is 6.54 Å². The molecule has 1 aromatic heterocycles. The van der Waals surface area contributed by atoms with Gasteiger partial charge in [0.15, 0.2) is 5.96 Å². The second-order valence-electron chi connectivity index (χ2n) is 2.28. The summed E-state index contributed by atoms with van der Waals surface area (Å²) < 4.78 is 0. The van der Waals surface area contributed by atoms with Crippen LogP contribution in [0.1, 0.15) is 11.4 Å². The number of H-pyrrole nitrogens is 1. The van der Waals surface area contributed by atoms with Gasteiger partial charge in [0.25, 0.3) is 0 Å². The van der Waals surface area contributed by atoms with Crippen molar-refractivity contribution in [3.05, 3.63) is 17.5 Å². The molecule has 1 aromatic rings. The quantitative estimate of drug-likeness (QED) is 0.408. The molecule has 0 aliphatic heterocycles. The molecule has 0 aromatic carbocycles. The number of halogens is 1. The van der Waals surface area contributed by atoms with E-state index in [1.165, 1.54) is 0 Å². The minimum atomic E-state index is 0. The molecule has 1 rings (SSSR count). The van der Waals surface area contributed by atoms with E-state index in [1.54, 1.807) is 0 Å². The standard InChI is InChI=1S/C6H11N5.HI/c1-4-2-5(11-10-4)3-9-6(7)8;/h2H,3H2,1H3,(H,10,11)(H4,7,8,9);1H. The van der Waals surface area contributed by atoms with Crippen molar-refractivity contribution in [1.29, 1.82) is 0 Å². The van der Waals surface area contributed by atoms with Gasteiger partial charge < -0.3 is 11.5 Å². The number of aryl methyl sites for hydroxylation is 1. The summed E-state index contributed by atoms with van der Waals surface area (Å²) in [6, 6.07) is 1.90. The highest BCUT2D eigenvalue weighted by Gasteiger charge is 1.94. The van der Waals surface area contributed by atoms with Gasteiger partial charge in [-0.15, -0.1) is 24.0 Å². The second kappa shape index (κ2) is 4.96. The molecule has 0 unspecified atom stereocenters. The first-order chi connectivity index (χ1) is 5.18. The topological polar surface area (TPSA) is 93.1 Å². The molecule has 0 saturated heterocycles. The first-order valence-electron chi connectivity index (χ1n) is 3.25. The Morgan fingerprint density at radius 3 is 2.75 bits per heavy atom. The van der Waals surface area contributed by atoms with Crippen LogP contribution >= 0.6 is 24.0 Å². The summed E-state index contributed by atoms with van der Waals surface area (Å²) in [4.78, 5) is 3.80. The second-order valence-corrected chi connectivity index (χ2v) is 2.28. The Balaban J connectivity index is 0.00000121. The van der Waals surface area contributed by atoms with E-state index in [4.69, 9.17) is 11.5 Å². The number of hydrogen-bond acceptors (Lipinski definition) is 2. The van der Waals surface area contributed by atoms with Gasteiger partial charge in [0.2, 0.25) is 0 Å². The molecular formula is C6H12IN5. The number of nitrogens with two attached hydrogens (primary N) is 2. The molecular weight excluding hydrogens is 269 g/mol. The van der Waals surface area contributed by atoms with Gasteiger partial charge in [-0.05, 0) is 13.0 Å². The van der Waals surface area contributed by atoms with Crippen molar-refractivity contribution in [3.63, 3.8) is 0 Å². The van der Waals surface area contributed by atoms with Crippen LogP contribution in [0.5, 0.6) is 0 Å². The minimum Gasteiger partial charge on any atom is -0.370 e. The zero-order valence-electron chi connectivity index (χ0n) is 6.74. The molecule has 0 amide bonds. The first kappa shape index (κ1) is 11.2. The van der Waals surface area contributed by atoms with Gasteiger partial charge in [-0.3, -0.25) is 5.10 Å². The lowest BCUT2D eigenvalue weighted by molar-refractivity contribution is 0.935. The highest BCUT2D eigenvalue weighted by molar-refractivity contribution is 14.0. The number of aliphatic imine (C=N–C) groups is 1. The number of nitrogens with zero attached hydrogens (tertiary/aromatic N) is 2. The summed E-state index contributed by atoms with van der Waals surface area (Å²) in [5, 5.41) is 6.74. The maximum Gasteiger partial charge on any atom is 0.186 e. The van der Waals surface area contributed by atoms with Crippen LogP contribution in [0.2, 0.25) is 0 Å². The maximum absolute atomic E-state index is 5.14. The largest absolute Gasteiger partial charge is 0.370 e. The van der Waals surface area contributed by atoms with Crippen LogP contribution in [0.15, 0.2) is 11.1 Å². The monoisotopic (exact) mass is 281 g/mol. The van der Waals surface area contributed by atoms with E-state index in [0.717, 1.165) is 11.4 Å². The van der Waals surface area contributed by atoms with E-state index in [1.807, 2.05) is 13.0 Å². The van der Waals surface area contributed by atoms with Gasteiger partial charge in [0.05, 0.1) is 12.2 Å². The molecule has 0 spiro atoms. The van der Waals surface area contributed by atoms with Gasteiger partial charge in [0, 0.05) is 5.69 Å². The Hall–Kier alpha value is -0.790. The van der Waals surface area contributed by atoms with Crippen molar-refractivity contribution in [2.75, 3.05) is 0 Å². The lowest BCUT2D eigenvalue weighted by Gasteiger charge is -1.88. The van der Waals surface area contributed by atoms with Crippen LogP contribution in [0.25, 0.3) is 0 Å². The van der Waals surface area contributed by atoms with E-state index in [9.17, 15) is 0 Å². The van der Waals surface area contributed by atoms with E-state index >= 15 is 0 Å². The molecule has 5 nitrogen and oxygen atoms in total. The molecule has 5 N–H and O–H groups in total. The van der Waals surface area contributed by atoms with E-state index < -0.39 is 0 Å². The number of rotatable bonds is 2. The van der Waals surface area contributed by atoms with Gasteiger partial charge in [-0.25, -0.2) is 4.99 Å². The Morgan fingerprint density at radius 2 is 2.33 bits per heavy atom. The van der Waals surface area contributed by atoms with Crippen LogP contribution in [0.4, 0.5) is 0 Å². The van der Waals surface area contributed by atoms with Crippen LogP contribution in [0.3, 0.4) is 0 Å². The molecule has 0 bridgehead atoms. The van der Waals surface area contributed by atoms with Crippen molar-refractivity contribution in [2.45, 2.75) is 13.5 Å². The van der Waals surface area contributed by atoms with Gasteiger partial charge in [-0.2, -0.15) is 5.10 Å². The van der Waals surface area contributed by atoms with Crippen LogP contribution in [-0.4, -0.2) is 16.2 Å². The Kier molecular flexibility index (Phi) is 4.64. The number of nitrogens with one attached hydrogen (secondary N) is 1. The maximum atomic E-state index is 5.14. The molecule has 12 heavy (non-hydrogen) atoms. The van der Waals surface area contributed by atoms with Gasteiger partial charge >= 0.3 is 0 Å². The normalized spacial score (nSPS) is 8.75. The fourth-order valence-electron chi connectivity index (χ4n) is 0.728. The Labute approximate surface area is 87.6 Å². The number of aromatic nitrogens is 2. The van der Waals surface area contributed by atoms with Crippen molar-refractivity contribution < 1.29 is 0 Å². The van der Waals surface area contributed by atoms with Crippen molar-refractivity contribution in [2.24, 2.45) is 16.5 Å². The average molecular weight is 281 g/mol. The molecule has 0 aliphatic carbocycles. The lowest BCUT2D eigenvalue weighted by atomic mass is 10.4. The highest BCUT2D eigenvalue weighted by Crippen LogP contribution is 1.98. The zero-order chi connectivity index (χ0) is 8.27. The van der Waals surface area contributed by atoms with E-state index in [-0.39, 0.29) is 29.9 Å². The predicted molar refractivity (Wildman–Crippen MR) is 58.3 cm³/mol. The molecule has 68 valence electrons. The lowest BCUT2D eigenvalue weighted by Crippen LogP contribution is -2.22. The first-order valence-corrected chi connectivity index (χ1v) is 3.25. The smallest absolute Gasteiger partial charge is 0.186 e. The number of guanidine groups is 1. The minimum absolute atomic E-state index is 0. The van der Waals surface area contributed by atoms with E-state index in [2.05, 4.69) is 15.2 Å². The third kappa shape index (κ3) is 3.56. The molecule has 0 radical (unpaired) electrons. The van der Waals surface area contributed by atoms with Crippen molar-refractivity contribution >= 4 is 29.9 Å². The molecule has 0 aliphatic rings. The van der Waals surface area contributed by atoms with Crippen molar-refractivity contribution in [1.82, 2.24) is 10.2 Å². The molecule has 6 heteroatoms. The summed E-state index contributed by atoms with van der Waals surface area (Å²) in [6.45, 7) is 2.36. The molecule has 0 fully saturated rings. The third-order valence-corrected chi connectivity index (χ3v) is 1.18. The molecule has 0 atom stereocenters. The summed E-state index contributed by atoms with van der Waals surface area (Å²) in [5.41, 5.74) is 12.1. The number of hydrogen-bond donors (Lipinski definition) is 3. The fourth-order valence-corrected chi connectivity index (χ4v) is 0.728. The molecule has 0 saturated carbocycles. The summed E-state index contributed by atoms with van der Waals surface area (Å²) in [6.07, 6.45) is 0. The van der Waals surface area contributed by atoms with Crippen LogP contribution < -0.4 is 11.5 Å². The average Bonchev–Trinajstić information content (AvgIpc) is 2.31.